The second-order valence-corrected chi connectivity index (χ2v) is 4.68. The molecule has 4 aromatic rings. The Balaban J connectivity index is 2.43. The van der Waals surface area contributed by atoms with E-state index in [-0.39, 0.29) is 0 Å². The van der Waals surface area contributed by atoms with Crippen LogP contribution in [0.5, 0.6) is 5.75 Å². The maximum atomic E-state index is 9.75. The molecule has 0 aliphatic heterocycles. The van der Waals surface area contributed by atoms with Gasteiger partial charge in [0.1, 0.15) is 5.75 Å². The van der Waals surface area contributed by atoms with Gasteiger partial charge in [0.2, 0.25) is 0 Å². The predicted molar refractivity (Wildman–Crippen MR) is 78.4 cm³/mol. The Kier molecular flexibility index (Phi) is 2.00. The average molecular weight is 245 g/mol. The smallest absolute Gasteiger partial charge is 0.116 e. The highest BCUT2D eigenvalue weighted by atomic mass is 16.3. The van der Waals surface area contributed by atoms with Gasteiger partial charge in [-0.05, 0) is 34.4 Å². The van der Waals surface area contributed by atoms with Gasteiger partial charge in [-0.2, -0.15) is 0 Å². The average Bonchev–Trinajstić information content (AvgIpc) is 2.47. The molecule has 0 aliphatic rings. The fraction of sp³-hybridized carbons (Fsp3) is 0. The number of aromatic nitrogens is 1. The predicted octanol–water partition coefficient (Wildman–Crippen LogP) is 4.25. The zero-order chi connectivity index (χ0) is 12.8. The van der Waals surface area contributed by atoms with Crippen molar-refractivity contribution >= 4 is 32.4 Å². The van der Waals surface area contributed by atoms with Crippen molar-refractivity contribution in [2.75, 3.05) is 0 Å². The lowest BCUT2D eigenvalue weighted by molar-refractivity contribution is 0.476. The molecule has 2 heteroatoms. The molecule has 1 aromatic heterocycles. The number of hydrogen-bond donors (Lipinski definition) is 1. The van der Waals surface area contributed by atoms with Crippen molar-refractivity contribution in [3.05, 3.63) is 60.8 Å². The highest BCUT2D eigenvalue weighted by molar-refractivity contribution is 6.24. The largest absolute Gasteiger partial charge is 0.508 e. The summed E-state index contributed by atoms with van der Waals surface area (Å²) in [6.45, 7) is 0. The zero-order valence-electron chi connectivity index (χ0n) is 10.2. The number of fused-ring (bicyclic) bond motifs is 6. The first-order chi connectivity index (χ1) is 9.34. The van der Waals surface area contributed by atoms with Gasteiger partial charge in [0, 0.05) is 17.0 Å². The van der Waals surface area contributed by atoms with Gasteiger partial charge in [0.05, 0.1) is 5.52 Å². The van der Waals surface area contributed by atoms with Crippen LogP contribution in [0.4, 0.5) is 0 Å². The highest BCUT2D eigenvalue weighted by Crippen LogP contribution is 2.35. The lowest BCUT2D eigenvalue weighted by atomic mass is 9.97. The van der Waals surface area contributed by atoms with E-state index < -0.39 is 0 Å². The highest BCUT2D eigenvalue weighted by Gasteiger charge is 2.08. The summed E-state index contributed by atoms with van der Waals surface area (Å²) in [5.74, 6) is 0.292. The summed E-state index contributed by atoms with van der Waals surface area (Å²) in [5.41, 5.74) is 1.01. The summed E-state index contributed by atoms with van der Waals surface area (Å²) in [5, 5.41) is 15.3. The van der Waals surface area contributed by atoms with Crippen LogP contribution in [0.25, 0.3) is 32.4 Å². The molecule has 0 unspecified atom stereocenters. The van der Waals surface area contributed by atoms with Gasteiger partial charge in [0.15, 0.2) is 0 Å². The number of aromatic hydroxyl groups is 1. The normalized spacial score (nSPS) is 11.4. The molecule has 1 heterocycles. The van der Waals surface area contributed by atoms with Crippen molar-refractivity contribution in [3.8, 4) is 5.75 Å². The molecule has 1 N–H and O–H groups in total. The Morgan fingerprint density at radius 2 is 1.37 bits per heavy atom. The number of phenolic OH excluding ortho intramolecular Hbond substituents is 1. The fourth-order valence-corrected chi connectivity index (χ4v) is 2.75. The molecule has 90 valence electrons. The molecule has 2 nitrogen and oxygen atoms in total. The van der Waals surface area contributed by atoms with Crippen molar-refractivity contribution < 1.29 is 5.11 Å². The zero-order valence-corrected chi connectivity index (χ0v) is 10.2. The van der Waals surface area contributed by atoms with E-state index in [4.69, 9.17) is 0 Å². The summed E-state index contributed by atoms with van der Waals surface area (Å²) in [6, 6.07) is 17.7. The Bertz CT molecular complexity index is 893. The molecular weight excluding hydrogens is 234 g/mol. The van der Waals surface area contributed by atoms with E-state index in [2.05, 4.69) is 23.2 Å². The molecule has 0 amide bonds. The Morgan fingerprint density at radius 3 is 2.21 bits per heavy atom. The third kappa shape index (κ3) is 1.40. The Morgan fingerprint density at radius 1 is 0.684 bits per heavy atom. The molecule has 4 rings (SSSR count). The maximum Gasteiger partial charge on any atom is 0.116 e. The van der Waals surface area contributed by atoms with Crippen LogP contribution in [0.2, 0.25) is 0 Å². The van der Waals surface area contributed by atoms with Gasteiger partial charge in [-0.3, -0.25) is 4.98 Å². The van der Waals surface area contributed by atoms with E-state index >= 15 is 0 Å². The standard InChI is InChI=1S/C17H11NO/c19-11-7-8-13-15-6-3-9-18-17(15)14-5-2-1-4-12(14)16(13)10-11/h1-10,19H. The second kappa shape index (κ2) is 3.69. The molecule has 0 aliphatic carbocycles. The van der Waals surface area contributed by atoms with Crippen LogP contribution >= 0.6 is 0 Å². The molecule has 0 saturated carbocycles. The van der Waals surface area contributed by atoms with Gasteiger partial charge < -0.3 is 5.11 Å². The minimum Gasteiger partial charge on any atom is -0.508 e. The van der Waals surface area contributed by atoms with E-state index in [0.717, 1.165) is 32.4 Å². The summed E-state index contributed by atoms with van der Waals surface area (Å²) in [7, 11) is 0. The van der Waals surface area contributed by atoms with E-state index in [9.17, 15) is 5.11 Å². The van der Waals surface area contributed by atoms with Crippen molar-refractivity contribution in [1.82, 2.24) is 4.98 Å². The van der Waals surface area contributed by atoms with Gasteiger partial charge >= 0.3 is 0 Å². The summed E-state index contributed by atoms with van der Waals surface area (Å²) in [6.07, 6.45) is 1.82. The second-order valence-electron chi connectivity index (χ2n) is 4.68. The monoisotopic (exact) mass is 245 g/mol. The summed E-state index contributed by atoms with van der Waals surface area (Å²) >= 11 is 0. The van der Waals surface area contributed by atoms with Crippen LogP contribution in [0.3, 0.4) is 0 Å². The van der Waals surface area contributed by atoms with Crippen molar-refractivity contribution in [1.29, 1.82) is 0 Å². The topological polar surface area (TPSA) is 33.1 Å². The van der Waals surface area contributed by atoms with Gasteiger partial charge in [-0.25, -0.2) is 0 Å². The number of phenols is 1. The molecule has 0 saturated heterocycles. The van der Waals surface area contributed by atoms with Crippen LogP contribution in [-0.4, -0.2) is 10.1 Å². The van der Waals surface area contributed by atoms with Crippen LogP contribution < -0.4 is 0 Å². The van der Waals surface area contributed by atoms with Crippen LogP contribution in [-0.2, 0) is 0 Å². The van der Waals surface area contributed by atoms with Crippen LogP contribution in [0.1, 0.15) is 0 Å². The number of hydrogen-bond acceptors (Lipinski definition) is 2. The van der Waals surface area contributed by atoms with E-state index in [1.54, 1.807) is 6.07 Å². The molecule has 0 spiro atoms. The van der Waals surface area contributed by atoms with Gasteiger partial charge in [0.25, 0.3) is 0 Å². The van der Waals surface area contributed by atoms with Crippen molar-refractivity contribution in [2.45, 2.75) is 0 Å². The van der Waals surface area contributed by atoms with E-state index in [1.807, 2.05) is 36.5 Å². The number of nitrogens with zero attached hydrogens (tertiary/aromatic N) is 1. The lowest BCUT2D eigenvalue weighted by Gasteiger charge is -2.09. The quantitative estimate of drug-likeness (QED) is 0.470. The molecule has 0 radical (unpaired) electrons. The van der Waals surface area contributed by atoms with Crippen LogP contribution in [0, 0.1) is 0 Å². The third-order valence-electron chi connectivity index (χ3n) is 3.57. The first-order valence-electron chi connectivity index (χ1n) is 6.23. The fourth-order valence-electron chi connectivity index (χ4n) is 2.75. The lowest BCUT2D eigenvalue weighted by Crippen LogP contribution is -1.85. The molecule has 0 fully saturated rings. The number of rotatable bonds is 0. The van der Waals surface area contributed by atoms with E-state index in [1.165, 1.54) is 0 Å². The third-order valence-corrected chi connectivity index (χ3v) is 3.57. The molecular formula is C17H11NO. The molecule has 3 aromatic carbocycles. The van der Waals surface area contributed by atoms with Crippen molar-refractivity contribution in [3.63, 3.8) is 0 Å². The maximum absolute atomic E-state index is 9.75. The first-order valence-corrected chi connectivity index (χ1v) is 6.23. The Hall–Kier alpha value is -2.61. The first kappa shape index (κ1) is 10.3. The van der Waals surface area contributed by atoms with Gasteiger partial charge in [-0.1, -0.05) is 36.4 Å². The van der Waals surface area contributed by atoms with E-state index in [0.29, 0.717) is 5.75 Å². The number of benzene rings is 3. The molecule has 19 heavy (non-hydrogen) atoms. The minimum atomic E-state index is 0.292. The Labute approximate surface area is 109 Å². The van der Waals surface area contributed by atoms with Crippen LogP contribution in [0.15, 0.2) is 60.8 Å². The number of pyridine rings is 1. The molecule has 0 atom stereocenters. The summed E-state index contributed by atoms with van der Waals surface area (Å²) < 4.78 is 0. The van der Waals surface area contributed by atoms with Crippen molar-refractivity contribution in [2.24, 2.45) is 0 Å². The minimum absolute atomic E-state index is 0.292. The van der Waals surface area contributed by atoms with Gasteiger partial charge in [-0.15, -0.1) is 0 Å². The molecule has 0 bridgehead atoms. The SMILES string of the molecule is Oc1ccc2c(c1)c1ccccc1c1ncccc21. The summed E-state index contributed by atoms with van der Waals surface area (Å²) in [4.78, 5) is 4.52.